The molecular weight excluding hydrogens is 302 g/mol. The number of aromatic amines is 1. The van der Waals surface area contributed by atoms with Crippen molar-refractivity contribution >= 4 is 38.7 Å². The van der Waals surface area contributed by atoms with Crippen LogP contribution in [-0.2, 0) is 13.0 Å². The Morgan fingerprint density at radius 1 is 1.33 bits per heavy atom. The zero-order valence-electron chi connectivity index (χ0n) is 11.9. The van der Waals surface area contributed by atoms with Crippen LogP contribution < -0.4 is 5.32 Å². The molecule has 2 aromatic heterocycles. The van der Waals surface area contributed by atoms with Crippen molar-refractivity contribution in [3.05, 3.63) is 46.3 Å². The van der Waals surface area contributed by atoms with E-state index in [4.69, 9.17) is 11.6 Å². The van der Waals surface area contributed by atoms with Crippen LogP contribution in [0.15, 0.2) is 29.6 Å². The van der Waals surface area contributed by atoms with Gasteiger partial charge >= 0.3 is 0 Å². The highest BCUT2D eigenvalue weighted by molar-refractivity contribution is 7.17. The summed E-state index contributed by atoms with van der Waals surface area (Å²) in [6, 6.07) is 8.54. The number of anilines is 1. The minimum atomic E-state index is 0.574. The van der Waals surface area contributed by atoms with Crippen molar-refractivity contribution in [2.75, 3.05) is 5.32 Å². The molecule has 3 aromatic rings. The summed E-state index contributed by atoms with van der Waals surface area (Å²) in [7, 11) is 0. The van der Waals surface area contributed by atoms with Crippen LogP contribution in [0.2, 0.25) is 5.15 Å². The number of unbranched alkanes of at least 4 members (excludes halogenated alkanes) is 1. The van der Waals surface area contributed by atoms with E-state index in [2.05, 4.69) is 51.9 Å². The number of hydrogen-bond donors (Lipinski definition) is 2. The number of aromatic nitrogens is 2. The van der Waals surface area contributed by atoms with Crippen molar-refractivity contribution in [2.45, 2.75) is 32.7 Å². The molecule has 0 amide bonds. The quantitative estimate of drug-likeness (QED) is 0.653. The van der Waals surface area contributed by atoms with Crippen LogP contribution in [0.1, 0.15) is 31.3 Å². The molecule has 0 spiro atoms. The monoisotopic (exact) mass is 319 g/mol. The van der Waals surface area contributed by atoms with E-state index < -0.39 is 0 Å². The van der Waals surface area contributed by atoms with E-state index in [0.717, 1.165) is 36.5 Å². The number of rotatable bonds is 6. The second-order valence-electron chi connectivity index (χ2n) is 5.08. The van der Waals surface area contributed by atoms with Gasteiger partial charge in [0.15, 0.2) is 5.15 Å². The van der Waals surface area contributed by atoms with E-state index in [1.165, 1.54) is 10.1 Å². The summed E-state index contributed by atoms with van der Waals surface area (Å²) >= 11 is 7.95. The molecule has 21 heavy (non-hydrogen) atoms. The van der Waals surface area contributed by atoms with Crippen LogP contribution in [0.25, 0.3) is 10.1 Å². The van der Waals surface area contributed by atoms with Gasteiger partial charge in [0.25, 0.3) is 0 Å². The first-order valence-corrected chi connectivity index (χ1v) is 8.46. The highest BCUT2D eigenvalue weighted by Crippen LogP contribution is 2.24. The third kappa shape index (κ3) is 3.39. The molecule has 110 valence electrons. The van der Waals surface area contributed by atoms with Crippen LogP contribution in [-0.4, -0.2) is 9.97 Å². The number of nitrogens with zero attached hydrogens (tertiary/aromatic N) is 1. The van der Waals surface area contributed by atoms with Crippen molar-refractivity contribution < 1.29 is 0 Å². The number of thiophene rings is 1. The Morgan fingerprint density at radius 2 is 2.24 bits per heavy atom. The Hall–Kier alpha value is -1.52. The van der Waals surface area contributed by atoms with Crippen molar-refractivity contribution in [1.29, 1.82) is 0 Å². The summed E-state index contributed by atoms with van der Waals surface area (Å²) in [4.78, 5) is 7.69. The van der Waals surface area contributed by atoms with E-state index in [1.54, 1.807) is 11.3 Å². The van der Waals surface area contributed by atoms with Gasteiger partial charge in [-0.15, -0.1) is 11.3 Å². The first-order valence-electron chi connectivity index (χ1n) is 7.20. The third-order valence-corrected chi connectivity index (χ3v) is 4.68. The molecule has 0 radical (unpaired) electrons. The summed E-state index contributed by atoms with van der Waals surface area (Å²) in [5, 5.41) is 7.36. The van der Waals surface area contributed by atoms with Gasteiger partial charge in [-0.05, 0) is 41.5 Å². The average molecular weight is 320 g/mol. The molecule has 3 rings (SSSR count). The van der Waals surface area contributed by atoms with Gasteiger partial charge < -0.3 is 10.3 Å². The SMILES string of the molecule is CCCCc1nc(Cl)c(CNc2ccc3sccc3c2)[nH]1. The predicted molar refractivity (Wildman–Crippen MR) is 91.4 cm³/mol. The highest BCUT2D eigenvalue weighted by atomic mass is 35.5. The molecule has 0 fully saturated rings. The van der Waals surface area contributed by atoms with Crippen LogP contribution >= 0.6 is 22.9 Å². The predicted octanol–water partition coefficient (Wildman–Crippen LogP) is 5.23. The molecule has 2 N–H and O–H groups in total. The van der Waals surface area contributed by atoms with Gasteiger partial charge in [0.2, 0.25) is 0 Å². The molecule has 0 saturated carbocycles. The summed E-state index contributed by atoms with van der Waals surface area (Å²) in [6.45, 7) is 2.83. The Bertz CT molecular complexity index is 732. The number of benzene rings is 1. The lowest BCUT2D eigenvalue weighted by Gasteiger charge is -2.05. The van der Waals surface area contributed by atoms with Crippen molar-refractivity contribution in [1.82, 2.24) is 9.97 Å². The fourth-order valence-electron chi connectivity index (χ4n) is 2.29. The van der Waals surface area contributed by atoms with Crippen molar-refractivity contribution in [2.24, 2.45) is 0 Å². The topological polar surface area (TPSA) is 40.7 Å². The first-order chi connectivity index (χ1) is 10.3. The molecule has 1 aromatic carbocycles. The number of nitrogens with one attached hydrogen (secondary N) is 2. The van der Waals surface area contributed by atoms with Crippen LogP contribution in [0.4, 0.5) is 5.69 Å². The van der Waals surface area contributed by atoms with E-state index in [-0.39, 0.29) is 0 Å². The zero-order chi connectivity index (χ0) is 14.7. The van der Waals surface area contributed by atoms with Gasteiger partial charge in [0.05, 0.1) is 12.2 Å². The van der Waals surface area contributed by atoms with Gasteiger partial charge in [-0.25, -0.2) is 4.98 Å². The smallest absolute Gasteiger partial charge is 0.152 e. The Labute approximate surface area is 133 Å². The molecule has 0 saturated heterocycles. The molecular formula is C16H18ClN3S. The van der Waals surface area contributed by atoms with Gasteiger partial charge in [0.1, 0.15) is 5.82 Å². The lowest BCUT2D eigenvalue weighted by molar-refractivity contribution is 0.760. The minimum Gasteiger partial charge on any atom is -0.379 e. The molecule has 5 heteroatoms. The fraction of sp³-hybridized carbons (Fsp3) is 0.312. The third-order valence-electron chi connectivity index (χ3n) is 3.47. The molecule has 2 heterocycles. The van der Waals surface area contributed by atoms with E-state index in [9.17, 15) is 0 Å². The zero-order valence-corrected chi connectivity index (χ0v) is 13.5. The van der Waals surface area contributed by atoms with Crippen LogP contribution in [0.5, 0.6) is 0 Å². The lowest BCUT2D eigenvalue weighted by Crippen LogP contribution is -2.00. The summed E-state index contributed by atoms with van der Waals surface area (Å²) < 4.78 is 1.31. The minimum absolute atomic E-state index is 0.574. The molecule has 0 aliphatic rings. The molecule has 0 unspecified atom stereocenters. The standard InChI is InChI=1S/C16H18ClN3S/c1-2-3-4-15-19-13(16(17)20-15)10-18-12-5-6-14-11(9-12)7-8-21-14/h5-9,18H,2-4,10H2,1H3,(H,19,20). The number of H-pyrrole nitrogens is 1. The van der Waals surface area contributed by atoms with Crippen molar-refractivity contribution in [3.63, 3.8) is 0 Å². The lowest BCUT2D eigenvalue weighted by atomic mass is 10.2. The first kappa shape index (κ1) is 14.4. The van der Waals surface area contributed by atoms with Crippen molar-refractivity contribution in [3.8, 4) is 0 Å². The molecule has 3 nitrogen and oxygen atoms in total. The molecule has 0 aliphatic heterocycles. The maximum absolute atomic E-state index is 6.19. The number of fused-ring (bicyclic) bond motifs is 1. The average Bonchev–Trinajstić information content (AvgIpc) is 3.08. The van der Waals surface area contributed by atoms with Gasteiger partial charge in [-0.3, -0.25) is 0 Å². The number of hydrogen-bond acceptors (Lipinski definition) is 3. The fourth-order valence-corrected chi connectivity index (χ4v) is 3.27. The summed E-state index contributed by atoms with van der Waals surface area (Å²) in [6.07, 6.45) is 3.25. The number of imidazole rings is 1. The van der Waals surface area contributed by atoms with Crippen LogP contribution in [0, 0.1) is 0 Å². The Balaban J connectivity index is 1.67. The number of halogens is 1. The van der Waals surface area contributed by atoms with E-state index >= 15 is 0 Å². The van der Waals surface area contributed by atoms with E-state index in [0.29, 0.717) is 11.7 Å². The Morgan fingerprint density at radius 3 is 3.10 bits per heavy atom. The Kier molecular flexibility index (Phi) is 4.46. The normalized spacial score (nSPS) is 11.1. The van der Waals surface area contributed by atoms with Crippen LogP contribution in [0.3, 0.4) is 0 Å². The second-order valence-corrected chi connectivity index (χ2v) is 6.39. The largest absolute Gasteiger partial charge is 0.379 e. The molecule has 0 bridgehead atoms. The maximum Gasteiger partial charge on any atom is 0.152 e. The summed E-state index contributed by atoms with van der Waals surface area (Å²) in [5.74, 6) is 0.979. The number of aryl methyl sites for hydroxylation is 1. The van der Waals surface area contributed by atoms with Gasteiger partial charge in [-0.2, -0.15) is 0 Å². The van der Waals surface area contributed by atoms with E-state index in [1.807, 2.05) is 0 Å². The van der Waals surface area contributed by atoms with Gasteiger partial charge in [-0.1, -0.05) is 24.9 Å². The van der Waals surface area contributed by atoms with Gasteiger partial charge in [0, 0.05) is 16.8 Å². The second kappa shape index (κ2) is 6.50. The molecule has 0 atom stereocenters. The summed E-state index contributed by atoms with van der Waals surface area (Å²) in [5.41, 5.74) is 2.05. The molecule has 0 aliphatic carbocycles. The highest BCUT2D eigenvalue weighted by Gasteiger charge is 2.08. The maximum atomic E-state index is 6.19.